The number of benzene rings is 2. The van der Waals surface area contributed by atoms with E-state index in [-0.39, 0.29) is 35.3 Å². The first kappa shape index (κ1) is 24.8. The van der Waals surface area contributed by atoms with E-state index in [2.05, 4.69) is 0 Å². The standard InChI is InChI=1S/C24H21N3O5S3/c1-3-32-19(29)13-16(28)14-34-23-25-21-20(35-24(33)26(21)15-9-5-4-6-10-15)22(30)27(23)17-11-7-8-12-18(17)31-2/h4-12H,3,13-14H2,1-2H3. The van der Waals surface area contributed by atoms with Crippen LogP contribution in [0.5, 0.6) is 5.75 Å². The van der Waals surface area contributed by atoms with E-state index < -0.39 is 5.97 Å². The van der Waals surface area contributed by atoms with Gasteiger partial charge < -0.3 is 9.47 Å². The average molecular weight is 528 g/mol. The quantitative estimate of drug-likeness (QED) is 0.103. The van der Waals surface area contributed by atoms with Gasteiger partial charge in [0.15, 0.2) is 20.5 Å². The molecule has 0 radical (unpaired) electrons. The molecule has 0 saturated carbocycles. The van der Waals surface area contributed by atoms with Gasteiger partial charge in [-0.15, -0.1) is 0 Å². The number of thioether (sulfide) groups is 1. The maximum Gasteiger partial charge on any atom is 0.313 e. The zero-order valence-corrected chi connectivity index (χ0v) is 21.4. The van der Waals surface area contributed by atoms with Gasteiger partial charge in [-0.05, 0) is 43.4 Å². The Hall–Kier alpha value is -3.28. The van der Waals surface area contributed by atoms with E-state index in [1.165, 1.54) is 23.0 Å². The van der Waals surface area contributed by atoms with Crippen molar-refractivity contribution < 1.29 is 19.1 Å². The number of para-hydroxylation sites is 3. The molecule has 4 aromatic rings. The molecule has 0 spiro atoms. The molecule has 0 saturated heterocycles. The van der Waals surface area contributed by atoms with Crippen molar-refractivity contribution in [2.24, 2.45) is 0 Å². The first-order valence-electron chi connectivity index (χ1n) is 10.6. The zero-order chi connectivity index (χ0) is 24.9. The van der Waals surface area contributed by atoms with E-state index in [0.717, 1.165) is 17.4 Å². The van der Waals surface area contributed by atoms with Crippen molar-refractivity contribution in [2.45, 2.75) is 18.5 Å². The van der Waals surface area contributed by atoms with Crippen LogP contribution in [-0.4, -0.2) is 45.3 Å². The SMILES string of the molecule is CCOC(=O)CC(=O)CSc1nc2c(sc(=S)n2-c2ccccc2)c(=O)n1-c1ccccc1OC. The minimum Gasteiger partial charge on any atom is -0.495 e. The van der Waals surface area contributed by atoms with Gasteiger partial charge in [0.05, 0.1) is 25.2 Å². The van der Waals surface area contributed by atoms with Crippen LogP contribution in [0.15, 0.2) is 64.5 Å². The van der Waals surface area contributed by atoms with Crippen molar-refractivity contribution in [3.8, 4) is 17.1 Å². The van der Waals surface area contributed by atoms with Gasteiger partial charge in [-0.1, -0.05) is 53.4 Å². The van der Waals surface area contributed by atoms with Crippen molar-refractivity contribution in [1.82, 2.24) is 14.1 Å². The van der Waals surface area contributed by atoms with Crippen LogP contribution >= 0.6 is 35.3 Å². The number of hydrogen-bond donors (Lipinski definition) is 0. The van der Waals surface area contributed by atoms with Crippen LogP contribution in [0.4, 0.5) is 0 Å². The molecule has 2 aromatic carbocycles. The topological polar surface area (TPSA) is 92.4 Å². The Morgan fingerprint density at radius 1 is 1.09 bits per heavy atom. The molecule has 180 valence electrons. The van der Waals surface area contributed by atoms with E-state index in [0.29, 0.717) is 25.7 Å². The number of thiazole rings is 1. The highest BCUT2D eigenvalue weighted by Gasteiger charge is 2.22. The third kappa shape index (κ3) is 5.21. The molecule has 0 aliphatic rings. The summed E-state index contributed by atoms with van der Waals surface area (Å²) in [5.74, 6) is -0.512. The summed E-state index contributed by atoms with van der Waals surface area (Å²) in [4.78, 5) is 42.7. The Morgan fingerprint density at radius 3 is 2.51 bits per heavy atom. The predicted molar refractivity (Wildman–Crippen MR) is 139 cm³/mol. The Kier molecular flexibility index (Phi) is 7.79. The first-order chi connectivity index (χ1) is 16.9. The lowest BCUT2D eigenvalue weighted by atomic mass is 10.3. The summed E-state index contributed by atoms with van der Waals surface area (Å²) in [6.07, 6.45) is -0.346. The van der Waals surface area contributed by atoms with Crippen LogP contribution < -0.4 is 10.3 Å². The van der Waals surface area contributed by atoms with Crippen LogP contribution in [0, 0.1) is 3.95 Å². The molecular weight excluding hydrogens is 506 g/mol. The number of rotatable bonds is 9. The number of hydrogen-bond acceptors (Lipinski definition) is 9. The minimum atomic E-state index is -0.584. The molecule has 11 heteroatoms. The van der Waals surface area contributed by atoms with Gasteiger partial charge in [0.2, 0.25) is 0 Å². The van der Waals surface area contributed by atoms with Crippen molar-refractivity contribution in [1.29, 1.82) is 0 Å². The second kappa shape index (κ2) is 11.0. The van der Waals surface area contributed by atoms with E-state index in [9.17, 15) is 14.4 Å². The number of esters is 1. The number of ether oxygens (including phenoxy) is 2. The molecule has 35 heavy (non-hydrogen) atoms. The van der Waals surface area contributed by atoms with Crippen LogP contribution in [0.2, 0.25) is 0 Å². The zero-order valence-electron chi connectivity index (χ0n) is 18.9. The summed E-state index contributed by atoms with van der Waals surface area (Å²) in [5, 5.41) is 0.279. The molecule has 0 N–H and O–H groups in total. The van der Waals surface area contributed by atoms with Crippen molar-refractivity contribution in [3.63, 3.8) is 0 Å². The van der Waals surface area contributed by atoms with Crippen LogP contribution in [-0.2, 0) is 14.3 Å². The number of nitrogens with zero attached hydrogens (tertiary/aromatic N) is 3. The second-order valence-electron chi connectivity index (χ2n) is 7.21. The summed E-state index contributed by atoms with van der Waals surface area (Å²) in [7, 11) is 1.52. The third-order valence-electron chi connectivity index (χ3n) is 4.93. The Morgan fingerprint density at radius 2 is 1.80 bits per heavy atom. The molecule has 0 atom stereocenters. The van der Waals surface area contributed by atoms with Crippen LogP contribution in [0.1, 0.15) is 13.3 Å². The largest absolute Gasteiger partial charge is 0.495 e. The van der Waals surface area contributed by atoms with Gasteiger partial charge in [-0.2, -0.15) is 0 Å². The van der Waals surface area contributed by atoms with Gasteiger partial charge in [0.1, 0.15) is 16.9 Å². The molecule has 2 aromatic heterocycles. The van der Waals surface area contributed by atoms with Crippen molar-refractivity contribution >= 4 is 57.4 Å². The highest BCUT2D eigenvalue weighted by atomic mass is 32.2. The Labute approximate surface area is 214 Å². The number of aromatic nitrogens is 3. The molecule has 0 aliphatic carbocycles. The molecule has 0 bridgehead atoms. The molecule has 0 fully saturated rings. The Balaban J connectivity index is 1.87. The fourth-order valence-electron chi connectivity index (χ4n) is 3.43. The maximum absolute atomic E-state index is 13.8. The maximum atomic E-state index is 13.8. The number of fused-ring (bicyclic) bond motifs is 1. The lowest BCUT2D eigenvalue weighted by Gasteiger charge is -2.15. The molecule has 4 rings (SSSR count). The van der Waals surface area contributed by atoms with E-state index in [1.54, 1.807) is 35.8 Å². The number of methoxy groups -OCH3 is 1. The normalized spacial score (nSPS) is 10.9. The van der Waals surface area contributed by atoms with E-state index >= 15 is 0 Å². The highest BCUT2D eigenvalue weighted by molar-refractivity contribution is 7.99. The molecular formula is C24H21N3O5S3. The lowest BCUT2D eigenvalue weighted by Crippen LogP contribution is -2.23. The highest BCUT2D eigenvalue weighted by Crippen LogP contribution is 2.30. The van der Waals surface area contributed by atoms with Crippen LogP contribution in [0.3, 0.4) is 0 Å². The fraction of sp³-hybridized carbons (Fsp3) is 0.208. The number of carbonyl (C=O) groups excluding carboxylic acids is 2. The lowest BCUT2D eigenvalue weighted by molar-refractivity contribution is -0.145. The summed E-state index contributed by atoms with van der Waals surface area (Å²) >= 11 is 7.82. The second-order valence-corrected chi connectivity index (χ2v) is 9.79. The van der Waals surface area contributed by atoms with Crippen molar-refractivity contribution in [2.75, 3.05) is 19.5 Å². The van der Waals surface area contributed by atoms with Gasteiger partial charge in [0.25, 0.3) is 5.56 Å². The van der Waals surface area contributed by atoms with E-state index in [1.807, 2.05) is 30.3 Å². The summed E-state index contributed by atoms with van der Waals surface area (Å²) in [6, 6.07) is 16.5. The molecule has 0 unspecified atom stereocenters. The average Bonchev–Trinajstić information content (AvgIpc) is 3.19. The number of ketones is 1. The van der Waals surface area contributed by atoms with Gasteiger partial charge >= 0.3 is 5.97 Å². The molecule has 0 amide bonds. The molecule has 0 aliphatic heterocycles. The van der Waals surface area contributed by atoms with Crippen LogP contribution in [0.25, 0.3) is 21.7 Å². The Bertz CT molecular complexity index is 1510. The van der Waals surface area contributed by atoms with Gasteiger partial charge in [-0.25, -0.2) is 4.98 Å². The first-order valence-corrected chi connectivity index (χ1v) is 12.8. The van der Waals surface area contributed by atoms with E-state index in [4.69, 9.17) is 26.7 Å². The smallest absolute Gasteiger partial charge is 0.313 e. The van der Waals surface area contributed by atoms with Crippen molar-refractivity contribution in [3.05, 3.63) is 68.9 Å². The number of Topliss-reactive ketones (excluding diaryl/α,β-unsaturated/α-hetero) is 1. The molecule has 8 nitrogen and oxygen atoms in total. The third-order valence-corrected chi connectivity index (χ3v) is 7.28. The minimum absolute atomic E-state index is 0.0673. The van der Waals surface area contributed by atoms with Gasteiger partial charge in [-0.3, -0.25) is 23.5 Å². The number of carbonyl (C=O) groups is 2. The summed E-state index contributed by atoms with van der Waals surface area (Å²) < 4.78 is 14.4. The summed E-state index contributed by atoms with van der Waals surface area (Å²) in [6.45, 7) is 1.88. The fourth-order valence-corrected chi connectivity index (χ4v) is 5.59. The summed E-state index contributed by atoms with van der Waals surface area (Å²) in [5.41, 5.74) is 1.34. The monoisotopic (exact) mass is 527 g/mol. The van der Waals surface area contributed by atoms with Gasteiger partial charge in [0, 0.05) is 5.69 Å². The predicted octanol–water partition coefficient (Wildman–Crippen LogP) is 4.59. The molecule has 2 heterocycles.